The molecule has 2 N–H and O–H groups in total. The van der Waals surface area contributed by atoms with Gasteiger partial charge in [0, 0.05) is 18.6 Å². The molecule has 0 amide bonds. The number of rotatable bonds is 6. The highest BCUT2D eigenvalue weighted by atomic mass is 16.5. The van der Waals surface area contributed by atoms with E-state index in [1.807, 2.05) is 0 Å². The molecule has 0 aliphatic carbocycles. The highest BCUT2D eigenvalue weighted by Gasteiger charge is 2.02. The number of carbonyl (C=O) groups excluding carboxylic acids is 2. The molecular formula is C9H14O6. The van der Waals surface area contributed by atoms with Crippen LogP contribution in [0.15, 0.2) is 12.2 Å². The van der Waals surface area contributed by atoms with Gasteiger partial charge >= 0.3 is 11.9 Å². The lowest BCUT2D eigenvalue weighted by Gasteiger charge is -2.02. The summed E-state index contributed by atoms with van der Waals surface area (Å²) in [5, 5.41) is 16.9. The van der Waals surface area contributed by atoms with Crippen LogP contribution in [0.5, 0.6) is 0 Å². The SMILES string of the molecule is CCOC(=O)/C=C/C(=O)OCCC(O)O. The van der Waals surface area contributed by atoms with E-state index in [-0.39, 0.29) is 19.6 Å². The molecular weight excluding hydrogens is 204 g/mol. The van der Waals surface area contributed by atoms with Gasteiger partial charge in [-0.25, -0.2) is 9.59 Å². The summed E-state index contributed by atoms with van der Waals surface area (Å²) in [6.07, 6.45) is 0.286. The second kappa shape index (κ2) is 7.95. The molecule has 0 saturated heterocycles. The predicted molar refractivity (Wildman–Crippen MR) is 49.6 cm³/mol. The molecule has 0 atom stereocenters. The highest BCUT2D eigenvalue weighted by Crippen LogP contribution is 1.90. The third-order valence-electron chi connectivity index (χ3n) is 1.26. The lowest BCUT2D eigenvalue weighted by Crippen LogP contribution is -2.11. The van der Waals surface area contributed by atoms with Crippen molar-refractivity contribution in [2.45, 2.75) is 19.6 Å². The van der Waals surface area contributed by atoms with Crippen LogP contribution in [-0.4, -0.2) is 41.7 Å². The predicted octanol–water partition coefficient (Wildman–Crippen LogP) is -0.650. The Hall–Kier alpha value is -1.40. The van der Waals surface area contributed by atoms with Crippen LogP contribution in [0.2, 0.25) is 0 Å². The Bertz CT molecular complexity index is 233. The molecule has 0 bridgehead atoms. The Labute approximate surface area is 87.1 Å². The first-order valence-corrected chi connectivity index (χ1v) is 4.44. The van der Waals surface area contributed by atoms with Gasteiger partial charge in [0.05, 0.1) is 13.2 Å². The van der Waals surface area contributed by atoms with E-state index in [0.29, 0.717) is 0 Å². The second-order valence-corrected chi connectivity index (χ2v) is 2.52. The number of aliphatic hydroxyl groups is 2. The molecule has 0 aromatic rings. The van der Waals surface area contributed by atoms with Crippen molar-refractivity contribution >= 4 is 11.9 Å². The summed E-state index contributed by atoms with van der Waals surface area (Å²) in [5.74, 6) is -1.36. The molecule has 0 radical (unpaired) electrons. The summed E-state index contributed by atoms with van der Waals surface area (Å²) in [4.78, 5) is 21.6. The quantitative estimate of drug-likeness (QED) is 0.349. The molecule has 6 nitrogen and oxygen atoms in total. The summed E-state index contributed by atoms with van der Waals surface area (Å²) in [6.45, 7) is 1.76. The number of ether oxygens (including phenoxy) is 2. The number of esters is 2. The smallest absolute Gasteiger partial charge is 0.331 e. The zero-order valence-corrected chi connectivity index (χ0v) is 8.38. The summed E-state index contributed by atoms with van der Waals surface area (Å²) in [7, 11) is 0. The van der Waals surface area contributed by atoms with Crippen molar-refractivity contribution in [3.8, 4) is 0 Å². The van der Waals surface area contributed by atoms with E-state index < -0.39 is 18.2 Å². The molecule has 0 aromatic heterocycles. The first kappa shape index (κ1) is 13.6. The molecule has 6 heteroatoms. The molecule has 0 heterocycles. The standard InChI is InChI=1S/C9H14O6/c1-2-14-8(12)3-4-9(13)15-6-5-7(10)11/h3-4,7,10-11H,2,5-6H2,1H3/b4-3+. The first-order valence-electron chi connectivity index (χ1n) is 4.44. The zero-order chi connectivity index (χ0) is 11.7. The third kappa shape index (κ3) is 8.92. The van der Waals surface area contributed by atoms with Gasteiger partial charge in [-0.1, -0.05) is 0 Å². The second-order valence-electron chi connectivity index (χ2n) is 2.52. The van der Waals surface area contributed by atoms with E-state index in [2.05, 4.69) is 9.47 Å². The Balaban J connectivity index is 3.68. The Kier molecular flexibility index (Phi) is 7.21. The minimum atomic E-state index is -1.51. The van der Waals surface area contributed by atoms with Gasteiger partial charge in [0.1, 0.15) is 0 Å². The summed E-state index contributed by atoms with van der Waals surface area (Å²) >= 11 is 0. The molecule has 0 fully saturated rings. The highest BCUT2D eigenvalue weighted by molar-refractivity contribution is 5.91. The largest absolute Gasteiger partial charge is 0.463 e. The lowest BCUT2D eigenvalue weighted by atomic mass is 10.4. The number of hydrogen-bond acceptors (Lipinski definition) is 6. The van der Waals surface area contributed by atoms with Gasteiger partial charge in [0.2, 0.25) is 0 Å². The maximum Gasteiger partial charge on any atom is 0.331 e. The van der Waals surface area contributed by atoms with Crippen LogP contribution in [0, 0.1) is 0 Å². The Morgan fingerprint density at radius 3 is 2.20 bits per heavy atom. The van der Waals surface area contributed by atoms with Crippen LogP contribution in [-0.2, 0) is 19.1 Å². The van der Waals surface area contributed by atoms with Crippen LogP contribution in [0.1, 0.15) is 13.3 Å². The van der Waals surface area contributed by atoms with Gasteiger partial charge in [0.25, 0.3) is 0 Å². The molecule has 0 saturated carbocycles. The van der Waals surface area contributed by atoms with E-state index in [4.69, 9.17) is 10.2 Å². The molecule has 0 aromatic carbocycles. The van der Waals surface area contributed by atoms with Crippen molar-refractivity contribution in [2.75, 3.05) is 13.2 Å². The van der Waals surface area contributed by atoms with E-state index in [0.717, 1.165) is 12.2 Å². The average Bonchev–Trinajstić information content (AvgIpc) is 2.14. The van der Waals surface area contributed by atoms with Crippen LogP contribution in [0.3, 0.4) is 0 Å². The van der Waals surface area contributed by atoms with Crippen LogP contribution in [0.4, 0.5) is 0 Å². The normalized spacial score (nSPS) is 10.7. The van der Waals surface area contributed by atoms with Crippen molar-refractivity contribution in [1.82, 2.24) is 0 Å². The van der Waals surface area contributed by atoms with Gasteiger partial charge < -0.3 is 19.7 Å². The summed E-state index contributed by atoms with van der Waals surface area (Å²) in [6, 6.07) is 0. The van der Waals surface area contributed by atoms with E-state index in [9.17, 15) is 9.59 Å². The maximum atomic E-state index is 10.9. The Morgan fingerprint density at radius 2 is 1.73 bits per heavy atom. The molecule has 0 aliphatic heterocycles. The molecule has 0 rings (SSSR count). The van der Waals surface area contributed by atoms with E-state index in [1.54, 1.807) is 6.92 Å². The van der Waals surface area contributed by atoms with Gasteiger partial charge in [0.15, 0.2) is 6.29 Å². The topological polar surface area (TPSA) is 93.1 Å². The van der Waals surface area contributed by atoms with Gasteiger partial charge in [-0.15, -0.1) is 0 Å². The first-order chi connectivity index (χ1) is 7.06. The molecule has 0 unspecified atom stereocenters. The van der Waals surface area contributed by atoms with Crippen molar-refractivity contribution in [2.24, 2.45) is 0 Å². The lowest BCUT2D eigenvalue weighted by molar-refractivity contribution is -0.142. The Morgan fingerprint density at radius 1 is 1.20 bits per heavy atom. The van der Waals surface area contributed by atoms with Gasteiger partial charge in [-0.05, 0) is 6.92 Å². The molecule has 86 valence electrons. The van der Waals surface area contributed by atoms with E-state index in [1.165, 1.54) is 0 Å². The molecule has 0 aliphatic rings. The minimum Gasteiger partial charge on any atom is -0.463 e. The number of aliphatic hydroxyl groups excluding tert-OH is 1. The zero-order valence-electron chi connectivity index (χ0n) is 8.38. The summed E-state index contributed by atoms with van der Waals surface area (Å²) in [5.41, 5.74) is 0. The average molecular weight is 218 g/mol. The fourth-order valence-electron chi connectivity index (χ4n) is 0.639. The van der Waals surface area contributed by atoms with Crippen LogP contribution >= 0.6 is 0 Å². The fraction of sp³-hybridized carbons (Fsp3) is 0.556. The van der Waals surface area contributed by atoms with Crippen molar-refractivity contribution in [1.29, 1.82) is 0 Å². The van der Waals surface area contributed by atoms with Crippen molar-refractivity contribution in [3.05, 3.63) is 12.2 Å². The van der Waals surface area contributed by atoms with Crippen LogP contribution < -0.4 is 0 Å². The fourth-order valence-corrected chi connectivity index (χ4v) is 0.639. The monoisotopic (exact) mass is 218 g/mol. The van der Waals surface area contributed by atoms with Crippen molar-refractivity contribution in [3.63, 3.8) is 0 Å². The maximum absolute atomic E-state index is 10.9. The third-order valence-corrected chi connectivity index (χ3v) is 1.26. The van der Waals surface area contributed by atoms with E-state index >= 15 is 0 Å². The number of hydrogen-bond donors (Lipinski definition) is 2. The van der Waals surface area contributed by atoms with Gasteiger partial charge in [-0.3, -0.25) is 0 Å². The molecule has 15 heavy (non-hydrogen) atoms. The van der Waals surface area contributed by atoms with Crippen molar-refractivity contribution < 1.29 is 29.3 Å². The van der Waals surface area contributed by atoms with Crippen LogP contribution in [0.25, 0.3) is 0 Å². The van der Waals surface area contributed by atoms with Gasteiger partial charge in [-0.2, -0.15) is 0 Å². The number of carbonyl (C=O) groups is 2. The molecule has 0 spiro atoms. The minimum absolute atomic E-state index is 0.0704. The summed E-state index contributed by atoms with van der Waals surface area (Å²) < 4.78 is 9.05.